The molecule has 2 heterocycles. The number of unbranched alkanes of at least 4 members (excludes halogenated alkanes) is 2. The monoisotopic (exact) mass is 993 g/mol. The minimum Gasteiger partial charge on any atom is -0.497 e. The van der Waals surface area contributed by atoms with Gasteiger partial charge in [0.05, 0.1) is 45.8 Å². The second kappa shape index (κ2) is 28.1. The smallest absolute Gasteiger partial charge is 0.307 e. The lowest BCUT2D eigenvalue weighted by Crippen LogP contribution is -2.29. The zero-order valence-corrected chi connectivity index (χ0v) is 43.3. The molecule has 0 aliphatic rings. The van der Waals surface area contributed by atoms with Crippen molar-refractivity contribution in [2.45, 2.75) is 84.2 Å². The number of hydrogen-bond donors (Lipinski definition) is 3. The van der Waals surface area contributed by atoms with Gasteiger partial charge in [-0.05, 0) is 144 Å². The summed E-state index contributed by atoms with van der Waals surface area (Å²) in [6.07, 6.45) is 5.60. The van der Waals surface area contributed by atoms with Crippen molar-refractivity contribution in [3.8, 4) is 11.5 Å². The van der Waals surface area contributed by atoms with Crippen molar-refractivity contribution in [2.24, 2.45) is 0 Å². The topological polar surface area (TPSA) is 191 Å². The molecule has 2 atom stereocenters. The average molecular weight is 993 g/mol. The largest absolute Gasteiger partial charge is 0.497 e. The van der Waals surface area contributed by atoms with Crippen LogP contribution in [0.2, 0.25) is 0 Å². The van der Waals surface area contributed by atoms with Crippen LogP contribution in [-0.4, -0.2) is 114 Å². The molecule has 0 aliphatic heterocycles. The Morgan fingerprint density at radius 2 is 1.01 bits per heavy atom. The molecule has 72 heavy (non-hydrogen) atoms. The number of amides is 2. The van der Waals surface area contributed by atoms with Crippen molar-refractivity contribution in [1.29, 1.82) is 0 Å². The lowest BCUT2D eigenvalue weighted by Gasteiger charge is -2.20. The van der Waals surface area contributed by atoms with E-state index in [1.54, 1.807) is 73.7 Å². The van der Waals surface area contributed by atoms with Crippen LogP contribution in [0.1, 0.15) is 114 Å². The number of furan rings is 2. The van der Waals surface area contributed by atoms with Gasteiger partial charge in [0.1, 0.15) is 34.2 Å². The Bertz CT molecular complexity index is 2680. The fraction of sp³-hybridized carbons (Fsp3) is 0.429. The second-order valence-corrected chi connectivity index (χ2v) is 17.6. The zero-order chi connectivity index (χ0) is 52.2. The summed E-state index contributed by atoms with van der Waals surface area (Å²) in [5.74, 6) is 1.74. The Balaban J connectivity index is 0.000000268. The van der Waals surface area contributed by atoms with E-state index in [0.717, 1.165) is 106 Å². The number of rotatable bonds is 27. The van der Waals surface area contributed by atoms with Crippen LogP contribution >= 0.6 is 0 Å². The molecule has 2 amide bonds. The van der Waals surface area contributed by atoms with Gasteiger partial charge in [-0.15, -0.1) is 0 Å². The number of aliphatic carboxylic acids is 1. The summed E-state index contributed by atoms with van der Waals surface area (Å²) >= 11 is 0. The van der Waals surface area contributed by atoms with E-state index in [2.05, 4.69) is 24.5 Å². The summed E-state index contributed by atoms with van der Waals surface area (Å²) in [5, 5.41) is 18.1. The normalized spacial score (nSPS) is 11.8. The summed E-state index contributed by atoms with van der Waals surface area (Å²) in [6.45, 7) is 8.10. The summed E-state index contributed by atoms with van der Waals surface area (Å²) in [5.41, 5.74) is 6.59. The predicted octanol–water partition coefficient (Wildman–Crippen LogP) is 11.0. The number of aryl methyl sites for hydroxylation is 2. The Morgan fingerprint density at radius 1 is 0.597 bits per heavy atom. The number of nitrogens with zero attached hydrogens (tertiary/aromatic N) is 2. The molecule has 6 aromatic rings. The highest BCUT2D eigenvalue weighted by Crippen LogP contribution is 2.37. The highest BCUT2D eigenvalue weighted by Gasteiger charge is 2.24. The molecule has 0 saturated carbocycles. The molecule has 2 aromatic heterocycles. The lowest BCUT2D eigenvalue weighted by molar-refractivity contribution is -0.143. The molecule has 0 fully saturated rings. The molecule has 4 aromatic carbocycles. The second-order valence-electron chi connectivity index (χ2n) is 17.6. The lowest BCUT2D eigenvalue weighted by atomic mass is 10.0. The summed E-state index contributed by atoms with van der Waals surface area (Å²) in [6, 6.07) is 26.1. The molecule has 3 N–H and O–H groups in total. The van der Waals surface area contributed by atoms with Crippen LogP contribution in [-0.2, 0) is 23.8 Å². The van der Waals surface area contributed by atoms with E-state index in [0.29, 0.717) is 37.5 Å². The molecule has 0 aliphatic carbocycles. The number of carbonyl (C=O) groups is 4. The SMILES string of the molecule is CCOC(=O)CCN(C)C(=O)c1ccc(NC(CCCCOC)c2oc3ccc(OC)cc3c2C)cc1.COCCCCC(Nc1ccc(C(=O)N(C)CCC(=O)O)cc1)c1oc2ccc(OC)cc2c1C. The molecule has 16 heteroatoms. The van der Waals surface area contributed by atoms with Crippen LogP contribution in [0.15, 0.2) is 93.8 Å². The Kier molecular flexibility index (Phi) is 21.8. The number of carbonyl (C=O) groups excluding carboxylic acids is 3. The van der Waals surface area contributed by atoms with Gasteiger partial charge < -0.3 is 58.1 Å². The molecule has 6 rings (SSSR count). The molecule has 0 radical (unpaired) electrons. The number of carboxylic acids is 1. The minimum atomic E-state index is -0.930. The fourth-order valence-electron chi connectivity index (χ4n) is 8.30. The van der Waals surface area contributed by atoms with Gasteiger partial charge in [0.25, 0.3) is 11.8 Å². The maximum atomic E-state index is 12.8. The number of methoxy groups -OCH3 is 4. The zero-order valence-electron chi connectivity index (χ0n) is 43.3. The van der Waals surface area contributed by atoms with E-state index in [1.807, 2.05) is 60.7 Å². The van der Waals surface area contributed by atoms with Gasteiger partial charge >= 0.3 is 11.9 Å². The number of anilines is 2. The molecular weight excluding hydrogens is 921 g/mol. The van der Waals surface area contributed by atoms with Gasteiger partial charge in [-0.1, -0.05) is 0 Å². The Hall–Kier alpha value is -7.04. The van der Waals surface area contributed by atoms with Crippen molar-refractivity contribution >= 4 is 57.1 Å². The van der Waals surface area contributed by atoms with Crippen molar-refractivity contribution in [3.63, 3.8) is 0 Å². The summed E-state index contributed by atoms with van der Waals surface area (Å²) in [7, 11) is 10.0. The van der Waals surface area contributed by atoms with Gasteiger partial charge in [-0.3, -0.25) is 19.2 Å². The number of carboxylic acid groups (broad SMARTS) is 1. The van der Waals surface area contributed by atoms with E-state index in [9.17, 15) is 19.2 Å². The van der Waals surface area contributed by atoms with Crippen LogP contribution in [0.4, 0.5) is 11.4 Å². The molecule has 0 bridgehead atoms. The Labute approximate surface area is 422 Å². The number of esters is 1. The Morgan fingerprint density at radius 3 is 1.39 bits per heavy atom. The van der Waals surface area contributed by atoms with Crippen molar-refractivity contribution < 1.29 is 56.8 Å². The molecule has 0 saturated heterocycles. The van der Waals surface area contributed by atoms with Crippen LogP contribution in [0.3, 0.4) is 0 Å². The molecule has 16 nitrogen and oxygen atoms in total. The summed E-state index contributed by atoms with van der Waals surface area (Å²) < 4.78 is 38.7. The molecule has 388 valence electrons. The van der Waals surface area contributed by atoms with Gasteiger partial charge in [0.2, 0.25) is 0 Å². The van der Waals surface area contributed by atoms with Crippen LogP contribution in [0.5, 0.6) is 11.5 Å². The highest BCUT2D eigenvalue weighted by atomic mass is 16.5. The van der Waals surface area contributed by atoms with Crippen molar-refractivity contribution in [3.05, 3.63) is 119 Å². The number of benzene rings is 4. The van der Waals surface area contributed by atoms with Gasteiger partial charge in [0, 0.05) is 99.0 Å². The van der Waals surface area contributed by atoms with Crippen LogP contribution in [0.25, 0.3) is 21.9 Å². The average Bonchev–Trinajstić information content (AvgIpc) is 3.90. The first-order chi connectivity index (χ1) is 34.7. The van der Waals surface area contributed by atoms with Gasteiger partial charge in [-0.25, -0.2) is 0 Å². The first kappa shape index (κ1) is 55.9. The van der Waals surface area contributed by atoms with Crippen molar-refractivity contribution in [1.82, 2.24) is 9.80 Å². The van der Waals surface area contributed by atoms with E-state index < -0.39 is 5.97 Å². The molecular formula is C56H72N4O12. The van der Waals surface area contributed by atoms with E-state index >= 15 is 0 Å². The number of fused-ring (bicyclic) bond motifs is 2. The predicted molar refractivity (Wildman–Crippen MR) is 279 cm³/mol. The van der Waals surface area contributed by atoms with Gasteiger partial charge in [0.15, 0.2) is 0 Å². The van der Waals surface area contributed by atoms with E-state index in [-0.39, 0.29) is 49.3 Å². The number of ether oxygens (including phenoxy) is 5. The minimum absolute atomic E-state index is 0.0518. The molecule has 2 unspecified atom stereocenters. The maximum absolute atomic E-state index is 12.8. The number of nitrogens with one attached hydrogen (secondary N) is 2. The quantitative estimate of drug-likeness (QED) is 0.0326. The van der Waals surface area contributed by atoms with Crippen LogP contribution in [0, 0.1) is 13.8 Å². The third-order valence-corrected chi connectivity index (χ3v) is 12.4. The van der Waals surface area contributed by atoms with Crippen molar-refractivity contribution in [2.75, 3.05) is 86.1 Å². The number of hydrogen-bond acceptors (Lipinski definition) is 13. The van der Waals surface area contributed by atoms with Gasteiger partial charge in [-0.2, -0.15) is 0 Å². The highest BCUT2D eigenvalue weighted by molar-refractivity contribution is 5.95. The third-order valence-electron chi connectivity index (χ3n) is 12.4. The summed E-state index contributed by atoms with van der Waals surface area (Å²) in [4.78, 5) is 50.7. The van der Waals surface area contributed by atoms with E-state index in [1.165, 1.54) is 9.80 Å². The first-order valence-electron chi connectivity index (χ1n) is 24.4. The fourth-order valence-corrected chi connectivity index (χ4v) is 8.30. The third kappa shape index (κ3) is 15.7. The van der Waals surface area contributed by atoms with Crippen LogP contribution < -0.4 is 20.1 Å². The standard InChI is InChI=1S/C29H38N2O6.C27H34N2O6/c1-6-36-27(32)16-17-31(3)29(33)21-10-12-22(13-11-21)30-25(9-7-8-18-34-4)28-20(2)24-19-23(35-5)14-15-26(24)37-28;1-18-22-17-21(34-4)12-13-24(22)35-26(18)23(7-5-6-16-33-3)28-20-10-8-19(9-11-20)27(32)29(2)15-14-25(30)31/h10-15,19,25,30H,6-9,16-18H2,1-5H3;8-13,17,23,28H,5-7,14-16H2,1-4H3,(H,30,31). The van der Waals surface area contributed by atoms with E-state index in [4.69, 9.17) is 37.6 Å². The molecule has 0 spiro atoms. The maximum Gasteiger partial charge on any atom is 0.307 e. The first-order valence-corrected chi connectivity index (χ1v) is 24.4.